The number of aliphatic hydroxyl groups is 2. The number of rotatable bonds is 16. The summed E-state index contributed by atoms with van der Waals surface area (Å²) in [4.78, 5) is 0. The van der Waals surface area contributed by atoms with Crippen molar-refractivity contribution in [2.45, 2.75) is 38.3 Å². The van der Waals surface area contributed by atoms with Crippen LogP contribution in [0.15, 0.2) is 72.8 Å². The summed E-state index contributed by atoms with van der Waals surface area (Å²) in [5.74, 6) is 4.66. The van der Waals surface area contributed by atoms with Crippen LogP contribution in [0.25, 0.3) is 0 Å². The number of hydrogen-bond acceptors (Lipinski definition) is 11. The molecule has 0 aromatic heterocycles. The average Bonchev–Trinajstić information content (AvgIpc) is 3.47. The molecule has 6 atom stereocenters. The molecular weight excluding hydrogens is 656 g/mol. The Morgan fingerprint density at radius 2 is 0.804 bits per heavy atom. The molecule has 1 aliphatic rings. The maximum Gasteiger partial charge on any atom is 0.161 e. The van der Waals surface area contributed by atoms with E-state index in [2.05, 4.69) is 13.8 Å². The number of ether oxygens (including phenoxy) is 9. The maximum atomic E-state index is 10.8. The quantitative estimate of drug-likeness (QED) is 0.125. The largest absolute Gasteiger partial charge is 0.493 e. The van der Waals surface area contributed by atoms with Gasteiger partial charge >= 0.3 is 0 Å². The number of hydrogen-bond donors (Lipinski definition) is 2. The molecule has 11 heteroatoms. The van der Waals surface area contributed by atoms with Gasteiger partial charge in [-0.05, 0) is 82.6 Å². The van der Waals surface area contributed by atoms with Crippen molar-refractivity contribution in [2.24, 2.45) is 11.8 Å². The smallest absolute Gasteiger partial charge is 0.161 e. The third-order valence-electron chi connectivity index (χ3n) is 9.49. The first-order valence-electron chi connectivity index (χ1n) is 16.7. The molecule has 0 unspecified atom stereocenters. The fraction of sp³-hybridized carbons (Fsp3) is 0.400. The SMILES string of the molecule is COc1ccc([C@@H](O)COc2ccc([C@H]3O[C@H](c4ccc(OC[C@H](O)c5ccc(OC)c(OC)c5)c(OC)c4)[C@H](C)[C@H]3C)cc2OC)cc1OC. The zero-order valence-electron chi connectivity index (χ0n) is 30.4. The monoisotopic (exact) mass is 704 g/mol. The molecule has 5 rings (SSSR count). The molecule has 0 bridgehead atoms. The van der Waals surface area contributed by atoms with Gasteiger partial charge in [0.05, 0.1) is 54.9 Å². The van der Waals surface area contributed by atoms with E-state index in [1.165, 1.54) is 0 Å². The molecule has 1 fully saturated rings. The fourth-order valence-corrected chi connectivity index (χ4v) is 6.33. The Bertz CT molecular complexity index is 1630. The number of benzene rings is 4. The zero-order valence-corrected chi connectivity index (χ0v) is 30.4. The summed E-state index contributed by atoms with van der Waals surface area (Å²) in [6, 6.07) is 22.0. The van der Waals surface area contributed by atoms with Gasteiger partial charge in [0.15, 0.2) is 46.0 Å². The van der Waals surface area contributed by atoms with Crippen molar-refractivity contribution in [1.29, 1.82) is 0 Å². The molecule has 0 amide bonds. The van der Waals surface area contributed by atoms with E-state index in [1.807, 2.05) is 36.4 Å². The minimum absolute atomic E-state index is 0.0113. The first-order chi connectivity index (χ1) is 24.6. The Morgan fingerprint density at radius 3 is 1.16 bits per heavy atom. The molecule has 2 N–H and O–H groups in total. The van der Waals surface area contributed by atoms with Crippen LogP contribution in [0.1, 0.15) is 60.5 Å². The Hall–Kier alpha value is -4.84. The molecule has 0 saturated carbocycles. The van der Waals surface area contributed by atoms with Crippen LogP contribution in [0, 0.1) is 11.8 Å². The van der Waals surface area contributed by atoms with Gasteiger partial charge in [-0.1, -0.05) is 38.1 Å². The van der Waals surface area contributed by atoms with Crippen LogP contribution in [-0.2, 0) is 4.74 Å². The van der Waals surface area contributed by atoms with Gasteiger partial charge in [-0.15, -0.1) is 0 Å². The molecule has 11 nitrogen and oxygen atoms in total. The lowest BCUT2D eigenvalue weighted by atomic mass is 9.85. The molecular formula is C40H48O11. The lowest BCUT2D eigenvalue weighted by molar-refractivity contribution is 0.0287. The summed E-state index contributed by atoms with van der Waals surface area (Å²) >= 11 is 0. The summed E-state index contributed by atoms with van der Waals surface area (Å²) < 4.78 is 51.4. The van der Waals surface area contributed by atoms with E-state index >= 15 is 0 Å². The minimum Gasteiger partial charge on any atom is -0.493 e. The zero-order chi connectivity index (χ0) is 36.7. The molecule has 274 valence electrons. The summed E-state index contributed by atoms with van der Waals surface area (Å²) in [5, 5.41) is 21.7. The van der Waals surface area contributed by atoms with Crippen LogP contribution in [-0.4, -0.2) is 66.1 Å². The third kappa shape index (κ3) is 8.22. The van der Waals surface area contributed by atoms with E-state index in [1.54, 1.807) is 79.1 Å². The van der Waals surface area contributed by atoms with Gasteiger partial charge in [0.1, 0.15) is 25.4 Å². The van der Waals surface area contributed by atoms with Gasteiger partial charge in [-0.3, -0.25) is 0 Å². The summed E-state index contributed by atoms with van der Waals surface area (Å²) in [6.45, 7) is 4.38. The summed E-state index contributed by atoms with van der Waals surface area (Å²) in [6.07, 6.45) is -2.21. The highest BCUT2D eigenvalue weighted by Gasteiger charge is 2.41. The number of methoxy groups -OCH3 is 6. The van der Waals surface area contributed by atoms with E-state index in [0.29, 0.717) is 57.1 Å². The maximum absolute atomic E-state index is 10.8. The van der Waals surface area contributed by atoms with Gasteiger partial charge in [0, 0.05) is 0 Å². The van der Waals surface area contributed by atoms with Gasteiger partial charge in [-0.2, -0.15) is 0 Å². The molecule has 0 aliphatic carbocycles. The highest BCUT2D eigenvalue weighted by atomic mass is 16.5. The van der Waals surface area contributed by atoms with E-state index in [-0.39, 0.29) is 37.3 Å². The average molecular weight is 705 g/mol. The van der Waals surface area contributed by atoms with E-state index in [0.717, 1.165) is 11.1 Å². The Labute approximate surface area is 299 Å². The standard InChI is InChI=1S/C40H48O11/c1-23-24(2)40(28-12-16-34(38(20-28)48-8)50-22-30(42)26-10-14-32(44-4)36(18-26)46-6)51-39(23)27-11-15-33(37(19-27)47-7)49-21-29(41)25-9-13-31(43-3)35(17-25)45-5/h9-20,23-24,29-30,39-42H,21-22H2,1-8H3/t23-,24-,29+,30+,39+,40+/m1/s1. The predicted molar refractivity (Wildman–Crippen MR) is 191 cm³/mol. The molecule has 1 saturated heterocycles. The van der Waals surface area contributed by atoms with Crippen LogP contribution in [0.2, 0.25) is 0 Å². The van der Waals surface area contributed by atoms with Crippen molar-refractivity contribution in [1.82, 2.24) is 0 Å². The second-order valence-corrected chi connectivity index (χ2v) is 12.4. The molecule has 4 aromatic carbocycles. The van der Waals surface area contributed by atoms with Gasteiger partial charge in [0.25, 0.3) is 0 Å². The Morgan fingerprint density at radius 1 is 0.471 bits per heavy atom. The minimum atomic E-state index is -0.898. The Kier molecular flexibility index (Phi) is 12.4. The highest BCUT2D eigenvalue weighted by Crippen LogP contribution is 2.51. The molecule has 51 heavy (non-hydrogen) atoms. The second kappa shape index (κ2) is 16.9. The van der Waals surface area contributed by atoms with Crippen molar-refractivity contribution in [3.63, 3.8) is 0 Å². The predicted octanol–water partition coefficient (Wildman–Crippen LogP) is 7.05. The van der Waals surface area contributed by atoms with Crippen LogP contribution in [0.3, 0.4) is 0 Å². The van der Waals surface area contributed by atoms with Gasteiger partial charge < -0.3 is 52.8 Å². The van der Waals surface area contributed by atoms with Crippen LogP contribution >= 0.6 is 0 Å². The fourth-order valence-electron chi connectivity index (χ4n) is 6.33. The van der Waals surface area contributed by atoms with Crippen molar-refractivity contribution < 1.29 is 52.8 Å². The molecule has 0 radical (unpaired) electrons. The van der Waals surface area contributed by atoms with Gasteiger partial charge in [0.2, 0.25) is 0 Å². The first kappa shape index (κ1) is 37.4. The second-order valence-electron chi connectivity index (χ2n) is 12.4. The molecule has 4 aromatic rings. The normalized spacial score (nSPS) is 19.5. The summed E-state index contributed by atoms with van der Waals surface area (Å²) in [5.41, 5.74) is 3.19. The molecule has 1 aliphatic heterocycles. The van der Waals surface area contributed by atoms with Crippen molar-refractivity contribution in [2.75, 3.05) is 55.9 Å². The number of aliphatic hydroxyl groups excluding tert-OH is 2. The topological polar surface area (TPSA) is 124 Å². The van der Waals surface area contributed by atoms with Crippen LogP contribution < -0.4 is 37.9 Å². The van der Waals surface area contributed by atoms with E-state index in [4.69, 9.17) is 42.6 Å². The van der Waals surface area contributed by atoms with Crippen LogP contribution in [0.4, 0.5) is 0 Å². The Balaban J connectivity index is 1.25. The first-order valence-corrected chi connectivity index (χ1v) is 16.7. The molecule has 1 heterocycles. The van der Waals surface area contributed by atoms with Crippen molar-refractivity contribution in [3.8, 4) is 46.0 Å². The highest BCUT2D eigenvalue weighted by molar-refractivity contribution is 5.47. The third-order valence-corrected chi connectivity index (χ3v) is 9.49. The lowest BCUT2D eigenvalue weighted by Gasteiger charge is -2.20. The van der Waals surface area contributed by atoms with Crippen LogP contribution in [0.5, 0.6) is 46.0 Å². The summed E-state index contributed by atoms with van der Waals surface area (Å²) in [7, 11) is 9.40. The van der Waals surface area contributed by atoms with E-state index in [9.17, 15) is 10.2 Å². The lowest BCUT2D eigenvalue weighted by Crippen LogP contribution is -2.12. The molecule has 0 spiro atoms. The van der Waals surface area contributed by atoms with Crippen molar-refractivity contribution >= 4 is 0 Å². The van der Waals surface area contributed by atoms with Crippen molar-refractivity contribution in [3.05, 3.63) is 95.1 Å². The van der Waals surface area contributed by atoms with E-state index < -0.39 is 12.2 Å². The van der Waals surface area contributed by atoms with Gasteiger partial charge in [-0.25, -0.2) is 0 Å².